The Bertz CT molecular complexity index is 178. The van der Waals surface area contributed by atoms with Crippen molar-refractivity contribution in [1.82, 2.24) is 10.2 Å². The molecule has 0 radical (unpaired) electrons. The van der Waals surface area contributed by atoms with Crippen LogP contribution in [0.15, 0.2) is 0 Å². The molecule has 1 amide bonds. The Balaban J connectivity index is 2.20. The molecular weight excluding hydrogens is 178 g/mol. The van der Waals surface area contributed by atoms with Gasteiger partial charge in [-0.15, -0.1) is 0 Å². The number of primary amides is 1. The van der Waals surface area contributed by atoms with Gasteiger partial charge in [0.05, 0.1) is 6.04 Å². The summed E-state index contributed by atoms with van der Waals surface area (Å²) in [6, 6.07) is -0.170. The number of rotatable bonds is 5. The van der Waals surface area contributed by atoms with Gasteiger partial charge in [-0.05, 0) is 39.4 Å². The van der Waals surface area contributed by atoms with Crippen LogP contribution in [0.1, 0.15) is 25.7 Å². The molecule has 0 aromatic carbocycles. The lowest BCUT2D eigenvalue weighted by Crippen LogP contribution is -2.42. The summed E-state index contributed by atoms with van der Waals surface area (Å²) in [4.78, 5) is 13.4. The van der Waals surface area contributed by atoms with Gasteiger partial charge in [-0.25, -0.2) is 0 Å². The van der Waals surface area contributed by atoms with E-state index in [1.165, 1.54) is 32.4 Å². The number of nitrogens with one attached hydrogen (secondary N) is 1. The number of amides is 1. The van der Waals surface area contributed by atoms with E-state index < -0.39 is 0 Å². The average Bonchev–Trinajstić information content (AvgIpc) is 2.20. The van der Waals surface area contributed by atoms with Crippen LogP contribution in [0.2, 0.25) is 0 Å². The number of nitrogens with two attached hydrogens (primary N) is 1. The zero-order valence-corrected chi connectivity index (χ0v) is 8.96. The molecule has 0 saturated carbocycles. The number of piperidine rings is 1. The van der Waals surface area contributed by atoms with Crippen LogP contribution in [-0.2, 0) is 4.79 Å². The second kappa shape index (κ2) is 5.98. The van der Waals surface area contributed by atoms with Crippen LogP contribution in [-0.4, -0.2) is 43.5 Å². The van der Waals surface area contributed by atoms with E-state index in [1.54, 1.807) is 7.05 Å². The van der Waals surface area contributed by atoms with Gasteiger partial charge < -0.3 is 16.0 Å². The third-order valence-corrected chi connectivity index (χ3v) is 2.87. The number of likely N-dealkylation sites (tertiary alicyclic amines) is 1. The molecule has 82 valence electrons. The van der Waals surface area contributed by atoms with Gasteiger partial charge in [0.1, 0.15) is 0 Å². The van der Waals surface area contributed by atoms with Crippen molar-refractivity contribution in [1.29, 1.82) is 0 Å². The van der Waals surface area contributed by atoms with Crippen LogP contribution in [0.5, 0.6) is 0 Å². The Kier molecular flexibility index (Phi) is 4.90. The molecule has 1 fully saturated rings. The van der Waals surface area contributed by atoms with Crippen LogP contribution in [0.4, 0.5) is 0 Å². The molecule has 1 atom stereocenters. The third-order valence-electron chi connectivity index (χ3n) is 2.87. The average molecular weight is 199 g/mol. The van der Waals surface area contributed by atoms with Crippen LogP contribution in [0.25, 0.3) is 0 Å². The van der Waals surface area contributed by atoms with Crippen LogP contribution in [0.3, 0.4) is 0 Å². The Hall–Kier alpha value is -0.610. The molecule has 0 bridgehead atoms. The number of hydrogen-bond donors (Lipinski definition) is 2. The van der Waals surface area contributed by atoms with Gasteiger partial charge in [0.15, 0.2) is 0 Å². The minimum absolute atomic E-state index is 0.170. The van der Waals surface area contributed by atoms with Crippen molar-refractivity contribution in [2.75, 3.05) is 26.7 Å². The minimum atomic E-state index is -0.246. The van der Waals surface area contributed by atoms with Crippen molar-refractivity contribution in [2.24, 2.45) is 5.73 Å². The lowest BCUT2D eigenvalue weighted by molar-refractivity contribution is -0.120. The summed E-state index contributed by atoms with van der Waals surface area (Å²) >= 11 is 0. The Labute approximate surface area is 85.8 Å². The molecule has 1 saturated heterocycles. The molecule has 1 aliphatic rings. The molecule has 1 aliphatic heterocycles. The predicted molar refractivity (Wildman–Crippen MR) is 57.0 cm³/mol. The van der Waals surface area contributed by atoms with Gasteiger partial charge in [-0.1, -0.05) is 6.42 Å². The summed E-state index contributed by atoms with van der Waals surface area (Å²) in [6.45, 7) is 3.33. The van der Waals surface area contributed by atoms with E-state index in [9.17, 15) is 4.79 Å². The molecule has 0 spiro atoms. The molecule has 1 rings (SSSR count). The Morgan fingerprint density at radius 3 is 2.57 bits per heavy atom. The first-order chi connectivity index (χ1) is 6.74. The summed E-state index contributed by atoms with van der Waals surface area (Å²) < 4.78 is 0. The molecule has 4 heteroatoms. The van der Waals surface area contributed by atoms with Crippen molar-refractivity contribution >= 4 is 5.91 Å². The monoisotopic (exact) mass is 199 g/mol. The van der Waals surface area contributed by atoms with Gasteiger partial charge in [0, 0.05) is 6.54 Å². The maximum absolute atomic E-state index is 10.9. The number of hydrogen-bond acceptors (Lipinski definition) is 3. The van der Waals surface area contributed by atoms with Crippen LogP contribution >= 0.6 is 0 Å². The van der Waals surface area contributed by atoms with Crippen molar-refractivity contribution in [3.05, 3.63) is 0 Å². The summed E-state index contributed by atoms with van der Waals surface area (Å²) in [6.07, 6.45) is 4.76. The lowest BCUT2D eigenvalue weighted by Gasteiger charge is -2.27. The molecule has 1 unspecified atom stereocenters. The van der Waals surface area contributed by atoms with E-state index in [2.05, 4.69) is 10.2 Å². The highest BCUT2D eigenvalue weighted by molar-refractivity contribution is 5.79. The van der Waals surface area contributed by atoms with Gasteiger partial charge in [0.25, 0.3) is 0 Å². The van der Waals surface area contributed by atoms with Crippen molar-refractivity contribution < 1.29 is 4.79 Å². The van der Waals surface area contributed by atoms with Crippen LogP contribution < -0.4 is 11.1 Å². The van der Waals surface area contributed by atoms with Crippen LogP contribution in [0, 0.1) is 0 Å². The fraction of sp³-hybridized carbons (Fsp3) is 0.900. The molecule has 0 aliphatic carbocycles. The van der Waals surface area contributed by atoms with Crippen molar-refractivity contribution in [3.63, 3.8) is 0 Å². The fourth-order valence-corrected chi connectivity index (χ4v) is 1.92. The lowest BCUT2D eigenvalue weighted by atomic mass is 10.1. The highest BCUT2D eigenvalue weighted by Crippen LogP contribution is 2.09. The first-order valence-electron chi connectivity index (χ1n) is 5.43. The molecule has 0 aromatic heterocycles. The zero-order chi connectivity index (χ0) is 10.4. The standard InChI is InChI=1S/C10H21N3O/c1-12-9(10(11)14)5-8-13-6-3-2-4-7-13/h9,12H,2-8H2,1H3,(H2,11,14). The van der Waals surface area contributed by atoms with E-state index in [1.807, 2.05) is 0 Å². The topological polar surface area (TPSA) is 58.4 Å². The van der Waals surface area contributed by atoms with Gasteiger partial charge >= 0.3 is 0 Å². The first kappa shape index (κ1) is 11.5. The van der Waals surface area contributed by atoms with Crippen molar-refractivity contribution in [2.45, 2.75) is 31.7 Å². The highest BCUT2D eigenvalue weighted by atomic mass is 16.1. The summed E-state index contributed by atoms with van der Waals surface area (Å²) in [5, 5.41) is 2.94. The molecule has 14 heavy (non-hydrogen) atoms. The normalized spacial score (nSPS) is 20.6. The van der Waals surface area contributed by atoms with Crippen molar-refractivity contribution in [3.8, 4) is 0 Å². The summed E-state index contributed by atoms with van der Waals surface area (Å²) in [5.74, 6) is -0.246. The molecule has 4 nitrogen and oxygen atoms in total. The quantitative estimate of drug-likeness (QED) is 0.652. The second-order valence-corrected chi connectivity index (χ2v) is 3.93. The smallest absolute Gasteiger partial charge is 0.234 e. The maximum Gasteiger partial charge on any atom is 0.234 e. The number of carbonyl (C=O) groups excluding carboxylic acids is 1. The highest BCUT2D eigenvalue weighted by Gasteiger charge is 2.15. The largest absolute Gasteiger partial charge is 0.368 e. The summed E-state index contributed by atoms with van der Waals surface area (Å²) in [7, 11) is 1.78. The maximum atomic E-state index is 10.9. The van der Waals surface area contributed by atoms with E-state index in [0.29, 0.717) is 0 Å². The second-order valence-electron chi connectivity index (χ2n) is 3.93. The Morgan fingerprint density at radius 2 is 2.07 bits per heavy atom. The van der Waals surface area contributed by atoms with E-state index in [0.717, 1.165) is 13.0 Å². The van der Waals surface area contributed by atoms with Gasteiger partial charge in [0.2, 0.25) is 5.91 Å². The minimum Gasteiger partial charge on any atom is -0.368 e. The number of nitrogens with zero attached hydrogens (tertiary/aromatic N) is 1. The number of carbonyl (C=O) groups is 1. The summed E-state index contributed by atoms with van der Waals surface area (Å²) in [5.41, 5.74) is 5.24. The molecule has 1 heterocycles. The zero-order valence-electron chi connectivity index (χ0n) is 8.96. The Morgan fingerprint density at radius 1 is 1.43 bits per heavy atom. The molecule has 0 aromatic rings. The van der Waals surface area contributed by atoms with Gasteiger partial charge in [-0.2, -0.15) is 0 Å². The SMILES string of the molecule is CNC(CCN1CCCCC1)C(N)=O. The fourth-order valence-electron chi connectivity index (χ4n) is 1.92. The first-order valence-corrected chi connectivity index (χ1v) is 5.43. The third kappa shape index (κ3) is 3.64. The molecule has 3 N–H and O–H groups in total. The van der Waals surface area contributed by atoms with E-state index >= 15 is 0 Å². The van der Waals surface area contributed by atoms with E-state index in [4.69, 9.17) is 5.73 Å². The number of likely N-dealkylation sites (N-methyl/N-ethyl adjacent to an activating group) is 1. The predicted octanol–water partition coefficient (Wildman–Crippen LogP) is -0.0643. The van der Waals surface area contributed by atoms with E-state index in [-0.39, 0.29) is 11.9 Å². The van der Waals surface area contributed by atoms with Gasteiger partial charge in [-0.3, -0.25) is 4.79 Å². The molecular formula is C10H21N3O.